The molecule has 1 saturated carbocycles. The van der Waals surface area contributed by atoms with E-state index >= 15 is 0 Å². The zero-order valence-electron chi connectivity index (χ0n) is 11.2. The SMILES string of the molecule is CC(NS(=O)(=O)c1c(Br)cc(N)cc1Br)C(=O)NC1CC1. The normalized spacial score (nSPS) is 16.5. The van der Waals surface area contributed by atoms with Gasteiger partial charge in [-0.15, -0.1) is 0 Å². The molecule has 1 fully saturated rings. The van der Waals surface area contributed by atoms with Crippen LogP contribution >= 0.6 is 31.9 Å². The van der Waals surface area contributed by atoms with Gasteiger partial charge in [0.15, 0.2) is 0 Å². The summed E-state index contributed by atoms with van der Waals surface area (Å²) in [5.41, 5.74) is 6.07. The topological polar surface area (TPSA) is 101 Å². The quantitative estimate of drug-likeness (QED) is 0.607. The summed E-state index contributed by atoms with van der Waals surface area (Å²) < 4.78 is 27.8. The van der Waals surface area contributed by atoms with Crippen molar-refractivity contribution in [3.05, 3.63) is 21.1 Å². The summed E-state index contributed by atoms with van der Waals surface area (Å²) in [6.07, 6.45) is 1.89. The van der Waals surface area contributed by atoms with Gasteiger partial charge >= 0.3 is 0 Å². The Morgan fingerprint density at radius 2 is 1.86 bits per heavy atom. The van der Waals surface area contributed by atoms with Crippen LogP contribution in [0.2, 0.25) is 0 Å². The van der Waals surface area contributed by atoms with Gasteiger partial charge in [0.2, 0.25) is 15.9 Å². The second kappa shape index (κ2) is 6.23. The first-order valence-corrected chi connectivity index (χ1v) is 9.35. The number of benzene rings is 1. The lowest BCUT2D eigenvalue weighted by molar-refractivity contribution is -0.122. The monoisotopic (exact) mass is 439 g/mol. The predicted molar refractivity (Wildman–Crippen MR) is 87.2 cm³/mol. The standard InChI is InChI=1S/C12H15Br2N3O3S/c1-6(12(18)16-8-2-3-8)17-21(19,20)11-9(13)4-7(15)5-10(11)14/h4-6,8,17H,2-3,15H2,1H3,(H,16,18). The van der Waals surface area contributed by atoms with Crippen molar-refractivity contribution >= 4 is 53.5 Å². The third kappa shape index (κ3) is 4.18. The molecule has 1 atom stereocenters. The Bertz CT molecular complexity index is 651. The minimum atomic E-state index is -3.86. The largest absolute Gasteiger partial charge is 0.399 e. The molecular formula is C12H15Br2N3O3S. The number of hydrogen-bond donors (Lipinski definition) is 3. The smallest absolute Gasteiger partial charge is 0.243 e. The highest BCUT2D eigenvalue weighted by Gasteiger charge is 2.29. The first-order valence-electron chi connectivity index (χ1n) is 6.28. The highest BCUT2D eigenvalue weighted by Crippen LogP contribution is 2.32. The summed E-state index contributed by atoms with van der Waals surface area (Å²) in [7, 11) is -3.86. The Kier molecular flexibility index (Phi) is 4.96. The molecule has 1 unspecified atom stereocenters. The highest BCUT2D eigenvalue weighted by atomic mass is 79.9. The molecule has 0 radical (unpaired) electrons. The van der Waals surface area contributed by atoms with Crippen LogP contribution in [0.4, 0.5) is 5.69 Å². The van der Waals surface area contributed by atoms with Gasteiger partial charge in [0, 0.05) is 20.7 Å². The lowest BCUT2D eigenvalue weighted by Gasteiger charge is -2.16. The second-order valence-electron chi connectivity index (χ2n) is 4.94. The van der Waals surface area contributed by atoms with Crippen LogP contribution in [0.25, 0.3) is 0 Å². The van der Waals surface area contributed by atoms with Crippen molar-refractivity contribution in [3.63, 3.8) is 0 Å². The van der Waals surface area contributed by atoms with Crippen molar-refractivity contribution in [1.82, 2.24) is 10.0 Å². The molecule has 1 aromatic carbocycles. The molecule has 6 nitrogen and oxygen atoms in total. The van der Waals surface area contributed by atoms with Gasteiger partial charge in [-0.25, -0.2) is 8.42 Å². The maximum absolute atomic E-state index is 12.4. The van der Waals surface area contributed by atoms with Crippen molar-refractivity contribution < 1.29 is 13.2 Å². The van der Waals surface area contributed by atoms with E-state index in [0.717, 1.165) is 12.8 Å². The number of anilines is 1. The number of rotatable bonds is 5. The molecule has 1 aliphatic rings. The van der Waals surface area contributed by atoms with Crippen molar-refractivity contribution in [2.24, 2.45) is 0 Å². The molecule has 0 aromatic heterocycles. The Hall–Kier alpha value is -0.640. The van der Waals surface area contributed by atoms with Crippen LogP contribution in [0, 0.1) is 0 Å². The fourth-order valence-electron chi connectivity index (χ4n) is 1.74. The lowest BCUT2D eigenvalue weighted by atomic mass is 10.3. The number of nitrogen functional groups attached to an aromatic ring is 1. The van der Waals surface area contributed by atoms with E-state index in [2.05, 4.69) is 41.9 Å². The van der Waals surface area contributed by atoms with Gasteiger partial charge in [0.1, 0.15) is 4.90 Å². The van der Waals surface area contributed by atoms with E-state index in [1.807, 2.05) is 0 Å². The zero-order valence-corrected chi connectivity index (χ0v) is 15.2. The molecule has 1 aliphatic carbocycles. The van der Waals surface area contributed by atoms with Gasteiger partial charge in [-0.1, -0.05) is 0 Å². The van der Waals surface area contributed by atoms with Crippen LogP contribution in [0.5, 0.6) is 0 Å². The molecule has 0 aliphatic heterocycles. The van der Waals surface area contributed by atoms with Crippen molar-refractivity contribution in [2.45, 2.75) is 36.7 Å². The predicted octanol–water partition coefficient (Wildman–Crippen LogP) is 1.74. The van der Waals surface area contributed by atoms with Gasteiger partial charge in [0.25, 0.3) is 0 Å². The maximum atomic E-state index is 12.4. The molecule has 0 bridgehead atoms. The summed E-state index contributed by atoms with van der Waals surface area (Å²) in [5, 5.41) is 2.76. The average molecular weight is 441 g/mol. The molecule has 0 spiro atoms. The number of carbonyl (C=O) groups is 1. The van der Waals surface area contributed by atoms with Crippen LogP contribution in [0.15, 0.2) is 26.0 Å². The summed E-state index contributed by atoms with van der Waals surface area (Å²) in [6.45, 7) is 1.51. The second-order valence-corrected chi connectivity index (χ2v) is 8.30. The Balaban J connectivity index is 2.20. The fourth-order valence-corrected chi connectivity index (χ4v) is 5.56. The van der Waals surface area contributed by atoms with Crippen LogP contribution in [-0.2, 0) is 14.8 Å². The number of nitrogens with two attached hydrogens (primary N) is 1. The number of sulfonamides is 1. The summed E-state index contributed by atoms with van der Waals surface area (Å²) in [4.78, 5) is 11.9. The van der Waals surface area contributed by atoms with E-state index in [9.17, 15) is 13.2 Å². The van der Waals surface area contributed by atoms with Gasteiger partial charge in [-0.05, 0) is 63.8 Å². The van der Waals surface area contributed by atoms with Crippen LogP contribution in [0.3, 0.4) is 0 Å². The van der Waals surface area contributed by atoms with E-state index in [4.69, 9.17) is 5.73 Å². The van der Waals surface area contributed by atoms with Gasteiger partial charge in [-0.2, -0.15) is 4.72 Å². The molecule has 1 aromatic rings. The minimum Gasteiger partial charge on any atom is -0.399 e. The van der Waals surface area contributed by atoms with Crippen LogP contribution in [0.1, 0.15) is 19.8 Å². The third-order valence-corrected chi connectivity index (χ3v) is 6.36. The maximum Gasteiger partial charge on any atom is 0.243 e. The van der Waals surface area contributed by atoms with Crippen molar-refractivity contribution in [3.8, 4) is 0 Å². The van der Waals surface area contributed by atoms with E-state index < -0.39 is 16.1 Å². The molecule has 4 N–H and O–H groups in total. The van der Waals surface area contributed by atoms with E-state index in [0.29, 0.717) is 14.6 Å². The molecule has 116 valence electrons. The molecule has 9 heteroatoms. The van der Waals surface area contributed by atoms with E-state index in [1.165, 1.54) is 19.1 Å². The first-order chi connectivity index (χ1) is 9.70. The minimum absolute atomic E-state index is 0.0165. The van der Waals surface area contributed by atoms with Crippen LogP contribution in [-0.4, -0.2) is 26.4 Å². The molecular weight excluding hydrogens is 426 g/mol. The third-order valence-electron chi connectivity index (χ3n) is 2.94. The Labute approximate surface area is 140 Å². The molecule has 2 rings (SSSR count). The van der Waals surface area contributed by atoms with E-state index in [1.54, 1.807) is 0 Å². The first kappa shape index (κ1) is 16.7. The van der Waals surface area contributed by atoms with E-state index in [-0.39, 0.29) is 16.8 Å². The summed E-state index contributed by atoms with van der Waals surface area (Å²) in [6, 6.07) is 2.31. The van der Waals surface area contributed by atoms with Gasteiger partial charge in [0.05, 0.1) is 6.04 Å². The van der Waals surface area contributed by atoms with Crippen LogP contribution < -0.4 is 15.8 Å². The molecule has 0 saturated heterocycles. The van der Waals surface area contributed by atoms with Gasteiger partial charge in [-0.3, -0.25) is 4.79 Å². The highest BCUT2D eigenvalue weighted by molar-refractivity contribution is 9.11. The lowest BCUT2D eigenvalue weighted by Crippen LogP contribution is -2.45. The number of nitrogens with one attached hydrogen (secondary N) is 2. The summed E-state index contributed by atoms with van der Waals surface area (Å²) in [5.74, 6) is -0.330. The number of carbonyl (C=O) groups excluding carboxylic acids is 1. The number of hydrogen-bond acceptors (Lipinski definition) is 4. The zero-order chi connectivity index (χ0) is 15.8. The Morgan fingerprint density at radius 1 is 1.33 bits per heavy atom. The average Bonchev–Trinajstić information content (AvgIpc) is 3.09. The van der Waals surface area contributed by atoms with Crippen molar-refractivity contribution in [1.29, 1.82) is 0 Å². The number of amides is 1. The molecule has 21 heavy (non-hydrogen) atoms. The summed E-state index contributed by atoms with van der Waals surface area (Å²) >= 11 is 6.36. The molecule has 0 heterocycles. The van der Waals surface area contributed by atoms with Gasteiger partial charge < -0.3 is 11.1 Å². The fraction of sp³-hybridized carbons (Fsp3) is 0.417. The molecule has 1 amide bonds. The number of halogens is 2. The Morgan fingerprint density at radius 3 is 2.33 bits per heavy atom. The van der Waals surface area contributed by atoms with Crippen molar-refractivity contribution in [2.75, 3.05) is 5.73 Å².